The van der Waals surface area contributed by atoms with Gasteiger partial charge in [0.05, 0.1) is 11.9 Å². The minimum absolute atomic E-state index is 0.1000. The van der Waals surface area contributed by atoms with Crippen LogP contribution in [0.2, 0.25) is 0 Å². The Kier molecular flexibility index (Phi) is 4.51. The largest absolute Gasteiger partial charge is 0.301 e. The second-order valence-electron chi connectivity index (χ2n) is 4.05. The number of nitrogens with one attached hydrogen (secondary N) is 1. The topological polar surface area (TPSA) is 62.3 Å². The molecule has 0 bridgehead atoms. The molecule has 0 spiro atoms. The number of aromatic nitrogens is 1. The van der Waals surface area contributed by atoms with E-state index in [1.807, 2.05) is 20.8 Å². The van der Waals surface area contributed by atoms with Crippen molar-refractivity contribution < 1.29 is 8.42 Å². The Morgan fingerprint density at radius 1 is 1.47 bits per heavy atom. The summed E-state index contributed by atoms with van der Waals surface area (Å²) in [5, 5.41) is 0. The summed E-state index contributed by atoms with van der Waals surface area (Å²) >= 11 is 3.26. The molecule has 7 heteroatoms. The van der Waals surface area contributed by atoms with Crippen LogP contribution in [0.15, 0.2) is 16.9 Å². The van der Waals surface area contributed by atoms with Crippen molar-refractivity contribution in [3.63, 3.8) is 0 Å². The fourth-order valence-corrected chi connectivity index (χ4v) is 2.44. The van der Waals surface area contributed by atoms with Crippen LogP contribution in [0.25, 0.3) is 0 Å². The number of pyridine rings is 1. The molecular weight excluding hydrogens is 306 g/mol. The average Bonchev–Trinajstić information content (AvgIpc) is 2.22. The zero-order valence-electron chi connectivity index (χ0n) is 10.2. The molecular formula is C10H16BrN3O2S. The summed E-state index contributed by atoms with van der Waals surface area (Å²) in [6.07, 6.45) is 1.48. The number of rotatable bonds is 4. The summed E-state index contributed by atoms with van der Waals surface area (Å²) in [7, 11) is -1.98. The molecule has 0 fully saturated rings. The molecule has 0 unspecified atom stereocenters. The van der Waals surface area contributed by atoms with E-state index in [2.05, 4.69) is 25.6 Å². The second kappa shape index (κ2) is 5.32. The van der Waals surface area contributed by atoms with Crippen molar-refractivity contribution in [1.82, 2.24) is 9.29 Å². The van der Waals surface area contributed by atoms with Gasteiger partial charge in [0.2, 0.25) is 0 Å². The van der Waals surface area contributed by atoms with Crippen LogP contribution in [-0.2, 0) is 10.2 Å². The van der Waals surface area contributed by atoms with Crippen molar-refractivity contribution in [2.75, 3.05) is 11.8 Å². The molecule has 0 saturated carbocycles. The molecule has 1 N–H and O–H groups in total. The van der Waals surface area contributed by atoms with Crippen LogP contribution < -0.4 is 4.72 Å². The number of hydrogen-bond donors (Lipinski definition) is 1. The summed E-state index contributed by atoms with van der Waals surface area (Å²) in [4.78, 5) is 4.04. The van der Waals surface area contributed by atoms with E-state index in [0.29, 0.717) is 10.3 Å². The molecule has 0 aliphatic carbocycles. The molecule has 1 aromatic rings. The van der Waals surface area contributed by atoms with E-state index in [1.54, 1.807) is 6.07 Å². The zero-order valence-corrected chi connectivity index (χ0v) is 12.6. The van der Waals surface area contributed by atoms with E-state index in [-0.39, 0.29) is 6.04 Å². The molecule has 0 atom stereocenters. The number of anilines is 1. The molecule has 0 saturated heterocycles. The number of hydrogen-bond acceptors (Lipinski definition) is 3. The maximum atomic E-state index is 11.9. The molecule has 0 aromatic carbocycles. The molecule has 17 heavy (non-hydrogen) atoms. The van der Waals surface area contributed by atoms with Crippen LogP contribution in [0.5, 0.6) is 0 Å². The van der Waals surface area contributed by atoms with Gasteiger partial charge in [0.1, 0.15) is 4.60 Å². The predicted molar refractivity (Wildman–Crippen MR) is 72.1 cm³/mol. The Hall–Kier alpha value is -0.660. The highest BCUT2D eigenvalue weighted by Gasteiger charge is 2.20. The molecule has 0 amide bonds. The summed E-state index contributed by atoms with van der Waals surface area (Å²) in [5.41, 5.74) is 1.33. The molecule has 1 aromatic heterocycles. The Morgan fingerprint density at radius 2 is 2.06 bits per heavy atom. The van der Waals surface area contributed by atoms with Gasteiger partial charge in [-0.2, -0.15) is 12.7 Å². The Bertz CT molecular complexity index is 502. The van der Waals surface area contributed by atoms with Crippen LogP contribution in [0, 0.1) is 6.92 Å². The Balaban J connectivity index is 2.94. The molecule has 0 aliphatic rings. The SMILES string of the molecule is Cc1cc(NS(=O)(=O)N(C)C(C)C)cnc1Br. The maximum Gasteiger partial charge on any atom is 0.301 e. The molecule has 1 heterocycles. The fraction of sp³-hybridized carbons (Fsp3) is 0.500. The lowest BCUT2D eigenvalue weighted by Crippen LogP contribution is -2.37. The summed E-state index contributed by atoms with van der Waals surface area (Å²) < 4.78 is 28.3. The van der Waals surface area contributed by atoms with Crippen LogP contribution >= 0.6 is 15.9 Å². The lowest BCUT2D eigenvalue weighted by Gasteiger charge is -2.21. The third-order valence-corrected chi connectivity index (χ3v) is 4.87. The van der Waals surface area contributed by atoms with Gasteiger partial charge in [-0.05, 0) is 48.3 Å². The minimum atomic E-state index is -3.51. The van der Waals surface area contributed by atoms with Crippen LogP contribution in [0.3, 0.4) is 0 Å². The van der Waals surface area contributed by atoms with Gasteiger partial charge >= 0.3 is 10.2 Å². The van der Waals surface area contributed by atoms with Crippen LogP contribution in [0.4, 0.5) is 5.69 Å². The van der Waals surface area contributed by atoms with E-state index in [4.69, 9.17) is 0 Å². The molecule has 0 aliphatic heterocycles. The third-order valence-electron chi connectivity index (χ3n) is 2.37. The summed E-state index contributed by atoms with van der Waals surface area (Å²) in [6.45, 7) is 5.47. The van der Waals surface area contributed by atoms with E-state index >= 15 is 0 Å². The monoisotopic (exact) mass is 321 g/mol. The van der Waals surface area contributed by atoms with E-state index in [1.165, 1.54) is 17.5 Å². The van der Waals surface area contributed by atoms with Gasteiger partial charge in [-0.15, -0.1) is 0 Å². The normalized spacial score (nSPS) is 12.2. The third kappa shape index (κ3) is 3.65. The van der Waals surface area contributed by atoms with Gasteiger partial charge in [-0.25, -0.2) is 4.98 Å². The first-order valence-electron chi connectivity index (χ1n) is 5.12. The van der Waals surface area contributed by atoms with Crippen molar-refractivity contribution >= 4 is 31.8 Å². The first kappa shape index (κ1) is 14.4. The first-order valence-corrected chi connectivity index (χ1v) is 7.35. The quantitative estimate of drug-likeness (QED) is 0.864. The molecule has 0 radical (unpaired) electrons. The molecule has 5 nitrogen and oxygen atoms in total. The highest BCUT2D eigenvalue weighted by molar-refractivity contribution is 9.10. The van der Waals surface area contributed by atoms with Crippen molar-refractivity contribution in [2.24, 2.45) is 0 Å². The second-order valence-corrected chi connectivity index (χ2v) is 6.53. The first-order chi connectivity index (χ1) is 7.74. The average molecular weight is 322 g/mol. The fourth-order valence-electron chi connectivity index (χ4n) is 1.11. The Morgan fingerprint density at radius 3 is 2.53 bits per heavy atom. The van der Waals surface area contributed by atoms with E-state index in [9.17, 15) is 8.42 Å². The lowest BCUT2D eigenvalue weighted by molar-refractivity contribution is 0.414. The lowest BCUT2D eigenvalue weighted by atomic mass is 10.3. The summed E-state index contributed by atoms with van der Waals surface area (Å²) in [5.74, 6) is 0. The van der Waals surface area contributed by atoms with Crippen LogP contribution in [0.1, 0.15) is 19.4 Å². The molecule has 1 rings (SSSR count). The van der Waals surface area contributed by atoms with Gasteiger partial charge in [-0.1, -0.05) is 0 Å². The minimum Gasteiger partial charge on any atom is -0.269 e. The number of nitrogens with zero attached hydrogens (tertiary/aromatic N) is 2. The maximum absolute atomic E-state index is 11.9. The highest BCUT2D eigenvalue weighted by atomic mass is 79.9. The number of aryl methyl sites for hydroxylation is 1. The van der Waals surface area contributed by atoms with E-state index in [0.717, 1.165) is 5.56 Å². The van der Waals surface area contributed by atoms with Gasteiger partial charge in [-0.3, -0.25) is 4.72 Å². The van der Waals surface area contributed by atoms with Gasteiger partial charge < -0.3 is 0 Å². The van der Waals surface area contributed by atoms with Crippen molar-refractivity contribution in [1.29, 1.82) is 0 Å². The van der Waals surface area contributed by atoms with Crippen LogP contribution in [-0.4, -0.2) is 30.8 Å². The highest BCUT2D eigenvalue weighted by Crippen LogP contribution is 2.18. The van der Waals surface area contributed by atoms with Crippen molar-refractivity contribution in [3.8, 4) is 0 Å². The van der Waals surface area contributed by atoms with Crippen molar-refractivity contribution in [3.05, 3.63) is 22.4 Å². The predicted octanol–water partition coefficient (Wildman–Crippen LogP) is 2.15. The van der Waals surface area contributed by atoms with Gasteiger partial charge in [0, 0.05) is 13.1 Å². The smallest absolute Gasteiger partial charge is 0.269 e. The zero-order chi connectivity index (χ0) is 13.2. The van der Waals surface area contributed by atoms with Gasteiger partial charge in [0.25, 0.3) is 0 Å². The summed E-state index contributed by atoms with van der Waals surface area (Å²) in [6, 6.07) is 1.63. The van der Waals surface area contributed by atoms with Gasteiger partial charge in [0.15, 0.2) is 0 Å². The van der Waals surface area contributed by atoms with Crippen molar-refractivity contribution in [2.45, 2.75) is 26.8 Å². The van der Waals surface area contributed by atoms with E-state index < -0.39 is 10.2 Å². The standard InChI is InChI=1S/C10H16BrN3O2S/c1-7(2)14(4)17(15,16)13-9-5-8(3)10(11)12-6-9/h5-7,13H,1-4H3. The molecule has 96 valence electrons. The number of halogens is 1. The Labute approximate surface area is 111 Å².